The van der Waals surface area contributed by atoms with Gasteiger partial charge < -0.3 is 25.0 Å². The van der Waals surface area contributed by atoms with Crippen LogP contribution in [0.3, 0.4) is 0 Å². The Hall–Kier alpha value is -1.39. The molecule has 2 aliphatic rings. The van der Waals surface area contributed by atoms with Crippen LogP contribution in [0.25, 0.3) is 0 Å². The van der Waals surface area contributed by atoms with Gasteiger partial charge in [0.2, 0.25) is 5.91 Å². The average Bonchev–Trinajstić information content (AvgIpc) is 3.36. The van der Waals surface area contributed by atoms with Gasteiger partial charge in [0, 0.05) is 45.4 Å². The fourth-order valence-electron chi connectivity index (χ4n) is 3.35. The highest BCUT2D eigenvalue weighted by molar-refractivity contribution is 14.0. The average molecular weight is 502 g/mol. The molecule has 0 aromatic heterocycles. The van der Waals surface area contributed by atoms with E-state index in [0.29, 0.717) is 32.7 Å². The third kappa shape index (κ3) is 6.89. The van der Waals surface area contributed by atoms with Gasteiger partial charge in [0.25, 0.3) is 0 Å². The lowest BCUT2D eigenvalue weighted by atomic mass is 10.2. The number of aliphatic imine (C=N–C) groups is 1. The second kappa shape index (κ2) is 12.2. The molecule has 1 unspecified atom stereocenters. The minimum Gasteiger partial charge on any atom is -0.377 e. The molecule has 1 amide bonds. The summed E-state index contributed by atoms with van der Waals surface area (Å²) >= 11 is 0. The number of hydrogen-bond acceptors (Lipinski definition) is 4. The summed E-state index contributed by atoms with van der Waals surface area (Å²) in [5.74, 6) is 0.960. The molecule has 2 heterocycles. The number of carbonyl (C=O) groups is 1. The topological polar surface area (TPSA) is 75.2 Å². The van der Waals surface area contributed by atoms with Crippen molar-refractivity contribution in [2.45, 2.75) is 38.3 Å². The molecule has 156 valence electrons. The van der Waals surface area contributed by atoms with Crippen LogP contribution in [0.15, 0.2) is 29.3 Å². The van der Waals surface area contributed by atoms with Crippen LogP contribution in [-0.4, -0.2) is 57.9 Å². The van der Waals surface area contributed by atoms with Crippen LogP contribution < -0.4 is 15.5 Å². The Morgan fingerprint density at radius 3 is 2.75 bits per heavy atom. The Balaban J connectivity index is 0.00000280. The summed E-state index contributed by atoms with van der Waals surface area (Å²) in [5.41, 5.74) is 2.12. The van der Waals surface area contributed by atoms with Crippen molar-refractivity contribution < 1.29 is 14.3 Å². The molecule has 7 nitrogen and oxygen atoms in total. The number of benzene rings is 1. The van der Waals surface area contributed by atoms with Crippen LogP contribution in [0.2, 0.25) is 0 Å². The van der Waals surface area contributed by atoms with Crippen LogP contribution in [0, 0.1) is 0 Å². The molecule has 8 heteroatoms. The third-order valence-electron chi connectivity index (χ3n) is 4.87. The molecule has 3 rings (SSSR count). The summed E-state index contributed by atoms with van der Waals surface area (Å²) in [7, 11) is 1.75. The van der Waals surface area contributed by atoms with Crippen molar-refractivity contribution in [3.05, 3.63) is 29.8 Å². The van der Waals surface area contributed by atoms with Gasteiger partial charge in [0.15, 0.2) is 5.96 Å². The highest BCUT2D eigenvalue weighted by Crippen LogP contribution is 2.21. The van der Waals surface area contributed by atoms with Crippen LogP contribution >= 0.6 is 24.0 Å². The van der Waals surface area contributed by atoms with Gasteiger partial charge in [-0.15, -0.1) is 24.0 Å². The maximum absolute atomic E-state index is 11.8. The first-order chi connectivity index (χ1) is 13.3. The number of amides is 1. The molecule has 2 aliphatic heterocycles. The number of nitrogens with zero attached hydrogens (tertiary/aromatic N) is 2. The van der Waals surface area contributed by atoms with Crippen molar-refractivity contribution in [3.63, 3.8) is 0 Å². The van der Waals surface area contributed by atoms with E-state index < -0.39 is 0 Å². The van der Waals surface area contributed by atoms with Gasteiger partial charge in [-0.05, 0) is 37.0 Å². The van der Waals surface area contributed by atoms with Crippen molar-refractivity contribution in [2.24, 2.45) is 4.99 Å². The highest BCUT2D eigenvalue weighted by atomic mass is 127. The SMILES string of the molecule is CN=C(NCCOCC1CCCO1)NCc1ccc(N2CCCC2=O)cc1.I. The van der Waals surface area contributed by atoms with Gasteiger partial charge in [-0.1, -0.05) is 12.1 Å². The summed E-state index contributed by atoms with van der Waals surface area (Å²) < 4.78 is 11.2. The van der Waals surface area contributed by atoms with E-state index in [1.54, 1.807) is 7.05 Å². The van der Waals surface area contributed by atoms with E-state index in [4.69, 9.17) is 9.47 Å². The summed E-state index contributed by atoms with van der Waals surface area (Å²) in [4.78, 5) is 17.9. The van der Waals surface area contributed by atoms with E-state index in [0.717, 1.165) is 49.6 Å². The van der Waals surface area contributed by atoms with Gasteiger partial charge in [0.05, 0.1) is 19.3 Å². The van der Waals surface area contributed by atoms with Crippen molar-refractivity contribution in [2.75, 3.05) is 44.9 Å². The zero-order chi connectivity index (χ0) is 18.9. The van der Waals surface area contributed by atoms with Gasteiger partial charge >= 0.3 is 0 Å². The van der Waals surface area contributed by atoms with Gasteiger partial charge in [-0.2, -0.15) is 0 Å². The first kappa shape index (κ1) is 22.9. The number of nitrogens with one attached hydrogen (secondary N) is 2. The third-order valence-corrected chi connectivity index (χ3v) is 4.87. The van der Waals surface area contributed by atoms with Crippen molar-refractivity contribution in [1.82, 2.24) is 10.6 Å². The largest absolute Gasteiger partial charge is 0.377 e. The van der Waals surface area contributed by atoms with Crippen LogP contribution in [-0.2, 0) is 20.8 Å². The van der Waals surface area contributed by atoms with Gasteiger partial charge in [-0.3, -0.25) is 9.79 Å². The lowest BCUT2D eigenvalue weighted by Crippen LogP contribution is -2.38. The number of anilines is 1. The Morgan fingerprint density at radius 1 is 1.29 bits per heavy atom. The number of ether oxygens (including phenoxy) is 2. The minimum absolute atomic E-state index is 0. The summed E-state index contributed by atoms with van der Waals surface area (Å²) in [6, 6.07) is 8.11. The summed E-state index contributed by atoms with van der Waals surface area (Å²) in [6.07, 6.45) is 4.10. The van der Waals surface area contributed by atoms with E-state index in [-0.39, 0.29) is 36.0 Å². The zero-order valence-electron chi connectivity index (χ0n) is 16.5. The molecule has 0 saturated carbocycles. The number of hydrogen-bond donors (Lipinski definition) is 2. The monoisotopic (exact) mass is 502 g/mol. The summed E-state index contributed by atoms with van der Waals surface area (Å²) in [5, 5.41) is 6.54. The number of rotatable bonds is 8. The van der Waals surface area contributed by atoms with Crippen LogP contribution in [0.5, 0.6) is 0 Å². The molecular weight excluding hydrogens is 471 g/mol. The molecule has 0 aliphatic carbocycles. The minimum atomic E-state index is 0. The molecule has 1 aromatic rings. The van der Waals surface area contributed by atoms with E-state index in [9.17, 15) is 4.79 Å². The van der Waals surface area contributed by atoms with Crippen LogP contribution in [0.1, 0.15) is 31.2 Å². The molecule has 28 heavy (non-hydrogen) atoms. The second-order valence-electron chi connectivity index (χ2n) is 6.88. The van der Waals surface area contributed by atoms with Crippen molar-refractivity contribution >= 4 is 41.5 Å². The van der Waals surface area contributed by atoms with Crippen molar-refractivity contribution in [1.29, 1.82) is 0 Å². The normalized spacial score (nSPS) is 19.6. The fourth-order valence-corrected chi connectivity index (χ4v) is 3.35. The van der Waals surface area contributed by atoms with Gasteiger partial charge in [-0.25, -0.2) is 0 Å². The molecule has 1 atom stereocenters. The highest BCUT2D eigenvalue weighted by Gasteiger charge is 2.21. The Morgan fingerprint density at radius 2 is 2.11 bits per heavy atom. The van der Waals surface area contributed by atoms with Crippen LogP contribution in [0.4, 0.5) is 5.69 Å². The number of guanidine groups is 1. The van der Waals surface area contributed by atoms with Gasteiger partial charge in [0.1, 0.15) is 0 Å². The summed E-state index contributed by atoms with van der Waals surface area (Å²) in [6.45, 7) is 4.34. The fraction of sp³-hybridized carbons (Fsp3) is 0.600. The molecule has 0 radical (unpaired) electrons. The number of halogens is 1. The standard InChI is InChI=1S/C20H30N4O3.HI/c1-21-20(22-10-13-26-15-18-4-3-12-27-18)23-14-16-6-8-17(9-7-16)24-11-2-5-19(24)25;/h6-9,18H,2-5,10-15H2,1H3,(H2,21,22,23);1H. The van der Waals surface area contributed by atoms with E-state index in [2.05, 4.69) is 15.6 Å². The van der Waals surface area contributed by atoms with E-state index in [1.807, 2.05) is 29.2 Å². The lowest BCUT2D eigenvalue weighted by Gasteiger charge is -2.16. The maximum Gasteiger partial charge on any atom is 0.227 e. The molecule has 2 fully saturated rings. The predicted octanol–water partition coefficient (Wildman–Crippen LogP) is 2.29. The lowest BCUT2D eigenvalue weighted by molar-refractivity contribution is -0.117. The quantitative estimate of drug-likeness (QED) is 0.247. The molecule has 2 N–H and O–H groups in total. The van der Waals surface area contributed by atoms with E-state index in [1.165, 1.54) is 0 Å². The predicted molar refractivity (Wildman–Crippen MR) is 121 cm³/mol. The second-order valence-corrected chi connectivity index (χ2v) is 6.88. The Kier molecular flexibility index (Phi) is 10.0. The molecule has 2 saturated heterocycles. The van der Waals surface area contributed by atoms with Crippen molar-refractivity contribution in [3.8, 4) is 0 Å². The molecule has 0 bridgehead atoms. The first-order valence-electron chi connectivity index (χ1n) is 9.79. The molecule has 1 aromatic carbocycles. The Labute approximate surface area is 184 Å². The zero-order valence-corrected chi connectivity index (χ0v) is 18.8. The molecular formula is C20H31IN4O3. The van der Waals surface area contributed by atoms with E-state index >= 15 is 0 Å². The first-order valence-corrected chi connectivity index (χ1v) is 9.79. The molecule has 0 spiro atoms. The number of carbonyl (C=O) groups excluding carboxylic acids is 1. The smallest absolute Gasteiger partial charge is 0.227 e. The Bertz CT molecular complexity index is 633. The maximum atomic E-state index is 11.8.